The molecule has 0 aromatic heterocycles. The van der Waals surface area contributed by atoms with E-state index >= 15 is 0 Å². The van der Waals surface area contributed by atoms with E-state index in [-0.39, 0.29) is 12.5 Å². The number of para-hydroxylation sites is 2. The van der Waals surface area contributed by atoms with Crippen LogP contribution in [0.2, 0.25) is 0 Å². The minimum absolute atomic E-state index is 0.0636. The van der Waals surface area contributed by atoms with Gasteiger partial charge in [0, 0.05) is 3.57 Å². The van der Waals surface area contributed by atoms with Gasteiger partial charge in [-0.2, -0.15) is 0 Å². The number of carboxylic acid groups (broad SMARTS) is 1. The van der Waals surface area contributed by atoms with Gasteiger partial charge in [-0.15, -0.1) is 0 Å². The molecule has 0 aliphatic carbocycles. The lowest BCUT2D eigenvalue weighted by Gasteiger charge is -2.26. The minimum atomic E-state index is -0.982. The van der Waals surface area contributed by atoms with Crippen LogP contribution in [0.5, 0.6) is 5.75 Å². The van der Waals surface area contributed by atoms with E-state index in [1.165, 1.54) is 0 Å². The Bertz CT molecular complexity index is 1100. The molecule has 0 bridgehead atoms. The number of aryl methyl sites for hydroxylation is 1. The van der Waals surface area contributed by atoms with Gasteiger partial charge in [0.2, 0.25) is 5.91 Å². The summed E-state index contributed by atoms with van der Waals surface area (Å²) >= 11 is 2.25. The second-order valence-electron chi connectivity index (χ2n) is 7.96. The first-order chi connectivity index (χ1) is 16.0. The Labute approximate surface area is 206 Å². The summed E-state index contributed by atoms with van der Waals surface area (Å²) in [6.45, 7) is 0.435. The minimum Gasteiger partial charge on any atom is -0.489 e. The molecule has 3 aromatic carbocycles. The highest BCUT2D eigenvalue weighted by Crippen LogP contribution is 2.32. The second-order valence-corrected chi connectivity index (χ2v) is 9.21. The van der Waals surface area contributed by atoms with E-state index in [0.717, 1.165) is 14.7 Å². The first-order valence-electron chi connectivity index (χ1n) is 10.8. The van der Waals surface area contributed by atoms with Crippen LogP contribution in [0.4, 0.5) is 5.69 Å². The summed E-state index contributed by atoms with van der Waals surface area (Å²) < 4.78 is 7.06. The van der Waals surface area contributed by atoms with Gasteiger partial charge in [-0.1, -0.05) is 54.6 Å². The number of nitrogens with one attached hydrogen (secondary N) is 1. The highest BCUT2D eigenvalue weighted by molar-refractivity contribution is 14.1. The fourth-order valence-corrected chi connectivity index (χ4v) is 4.24. The maximum absolute atomic E-state index is 13.6. The summed E-state index contributed by atoms with van der Waals surface area (Å²) in [5.41, 5.74) is 2.72. The molecule has 2 N–H and O–H groups in total. The van der Waals surface area contributed by atoms with Gasteiger partial charge in [-0.05, 0) is 70.8 Å². The maximum atomic E-state index is 13.6. The number of carbonyl (C=O) groups excluding carboxylic acids is 1. The number of fused-ring (bicyclic) bond motifs is 1. The van der Waals surface area contributed by atoms with Gasteiger partial charge in [0.25, 0.3) is 0 Å². The number of anilines is 1. The molecule has 3 aromatic rings. The zero-order chi connectivity index (χ0) is 23.2. The van der Waals surface area contributed by atoms with Crippen molar-refractivity contribution in [2.45, 2.75) is 31.5 Å². The molecule has 0 spiro atoms. The fraction of sp³-hybridized carbons (Fsp3) is 0.231. The van der Waals surface area contributed by atoms with Gasteiger partial charge in [-0.3, -0.25) is 14.9 Å². The van der Waals surface area contributed by atoms with Gasteiger partial charge < -0.3 is 14.7 Å². The topological polar surface area (TPSA) is 78.9 Å². The molecule has 33 heavy (non-hydrogen) atoms. The van der Waals surface area contributed by atoms with Crippen LogP contribution in [-0.4, -0.2) is 35.7 Å². The number of nitrogens with zero attached hydrogens (tertiary/aromatic N) is 1. The van der Waals surface area contributed by atoms with Crippen LogP contribution in [-0.2, 0) is 22.6 Å². The number of rotatable bonds is 8. The normalized spacial score (nSPS) is 16.5. The number of hydrogen-bond acceptors (Lipinski definition) is 4. The van der Waals surface area contributed by atoms with Crippen LogP contribution in [0.3, 0.4) is 0 Å². The predicted molar refractivity (Wildman–Crippen MR) is 135 cm³/mol. The molecular formula is C26H25IN2O4. The fourth-order valence-electron chi connectivity index (χ4n) is 3.88. The van der Waals surface area contributed by atoms with Crippen LogP contribution < -0.4 is 15.0 Å². The SMILES string of the molecule is O=C(O)[C@H](CCc1ccccc1)N[C@H]1COc2ccccc2N(Cc2ccc(I)cc2)C1=O. The Kier molecular flexibility index (Phi) is 7.61. The Morgan fingerprint density at radius 2 is 1.73 bits per heavy atom. The van der Waals surface area contributed by atoms with E-state index in [1.807, 2.05) is 78.9 Å². The molecule has 1 aliphatic rings. The van der Waals surface area contributed by atoms with Crippen molar-refractivity contribution >= 4 is 40.2 Å². The number of benzene rings is 3. The van der Waals surface area contributed by atoms with Crippen LogP contribution in [0, 0.1) is 3.57 Å². The molecule has 170 valence electrons. The monoisotopic (exact) mass is 556 g/mol. The molecular weight excluding hydrogens is 531 g/mol. The standard InChI is InChI=1S/C26H25IN2O4/c27-20-13-10-19(11-14-20)16-29-23-8-4-5-9-24(23)33-17-22(25(29)30)28-21(26(31)32)15-12-18-6-2-1-3-7-18/h1-11,13-14,21-22,28H,12,15-17H2,(H,31,32)/t21-,22-/m0/s1. The first-order valence-corrected chi connectivity index (χ1v) is 11.9. The lowest BCUT2D eigenvalue weighted by Crippen LogP contribution is -2.53. The highest BCUT2D eigenvalue weighted by atomic mass is 127. The van der Waals surface area contributed by atoms with Crippen LogP contribution in [0.1, 0.15) is 17.5 Å². The summed E-state index contributed by atoms with van der Waals surface area (Å²) in [4.78, 5) is 27.3. The molecule has 0 saturated heterocycles. The molecule has 7 heteroatoms. The number of amides is 1. The van der Waals surface area contributed by atoms with Gasteiger partial charge in [-0.25, -0.2) is 0 Å². The second kappa shape index (κ2) is 10.8. The quantitative estimate of drug-likeness (QED) is 0.406. The van der Waals surface area contributed by atoms with E-state index in [9.17, 15) is 14.7 Å². The summed E-state index contributed by atoms with van der Waals surface area (Å²) in [5, 5.41) is 12.9. The van der Waals surface area contributed by atoms with Crippen molar-refractivity contribution in [1.82, 2.24) is 5.32 Å². The van der Waals surface area contributed by atoms with E-state index in [2.05, 4.69) is 27.9 Å². The average molecular weight is 556 g/mol. The summed E-state index contributed by atoms with van der Waals surface area (Å²) in [5.74, 6) is -0.578. The number of carbonyl (C=O) groups is 2. The van der Waals surface area contributed by atoms with Crippen LogP contribution in [0.15, 0.2) is 78.9 Å². The Morgan fingerprint density at radius 1 is 1.03 bits per heavy atom. The van der Waals surface area contributed by atoms with Gasteiger partial charge >= 0.3 is 5.97 Å². The van der Waals surface area contributed by atoms with Crippen molar-refractivity contribution in [2.24, 2.45) is 0 Å². The van der Waals surface area contributed by atoms with Crippen molar-refractivity contribution in [3.63, 3.8) is 0 Å². The van der Waals surface area contributed by atoms with Gasteiger partial charge in [0.15, 0.2) is 0 Å². The number of ether oxygens (including phenoxy) is 1. The smallest absolute Gasteiger partial charge is 0.320 e. The number of carboxylic acids is 1. The number of hydrogen-bond donors (Lipinski definition) is 2. The van der Waals surface area contributed by atoms with Crippen LogP contribution in [0.25, 0.3) is 0 Å². The average Bonchev–Trinajstić information content (AvgIpc) is 2.95. The van der Waals surface area contributed by atoms with E-state index in [1.54, 1.807) is 4.90 Å². The molecule has 2 atom stereocenters. The maximum Gasteiger partial charge on any atom is 0.320 e. The van der Waals surface area contributed by atoms with E-state index in [0.29, 0.717) is 30.8 Å². The first kappa shape index (κ1) is 23.3. The lowest BCUT2D eigenvalue weighted by atomic mass is 10.0. The Balaban J connectivity index is 1.54. The molecule has 0 saturated carbocycles. The van der Waals surface area contributed by atoms with Gasteiger partial charge in [0.1, 0.15) is 24.4 Å². The van der Waals surface area contributed by atoms with E-state index in [4.69, 9.17) is 4.74 Å². The molecule has 6 nitrogen and oxygen atoms in total. The molecule has 0 fully saturated rings. The van der Waals surface area contributed by atoms with E-state index < -0.39 is 18.1 Å². The molecule has 1 aliphatic heterocycles. The Hall–Kier alpha value is -2.91. The molecule has 0 unspecified atom stereocenters. The molecule has 1 amide bonds. The predicted octanol–water partition coefficient (Wildman–Crippen LogP) is 4.26. The van der Waals surface area contributed by atoms with Crippen molar-refractivity contribution in [3.8, 4) is 5.75 Å². The Morgan fingerprint density at radius 3 is 2.45 bits per heavy atom. The molecule has 0 radical (unpaired) electrons. The third kappa shape index (κ3) is 5.91. The van der Waals surface area contributed by atoms with Crippen molar-refractivity contribution in [2.75, 3.05) is 11.5 Å². The highest BCUT2D eigenvalue weighted by Gasteiger charge is 2.34. The third-order valence-electron chi connectivity index (χ3n) is 5.64. The largest absolute Gasteiger partial charge is 0.489 e. The summed E-state index contributed by atoms with van der Waals surface area (Å²) in [6, 6.07) is 23.5. The zero-order valence-corrected chi connectivity index (χ0v) is 20.1. The molecule has 1 heterocycles. The third-order valence-corrected chi connectivity index (χ3v) is 6.36. The number of halogens is 1. The summed E-state index contributed by atoms with van der Waals surface area (Å²) in [6.07, 6.45) is 0.965. The number of aliphatic carboxylic acids is 1. The summed E-state index contributed by atoms with van der Waals surface area (Å²) in [7, 11) is 0. The van der Waals surface area contributed by atoms with Crippen molar-refractivity contribution in [3.05, 3.63) is 93.6 Å². The zero-order valence-electron chi connectivity index (χ0n) is 18.0. The van der Waals surface area contributed by atoms with Gasteiger partial charge in [0.05, 0.1) is 12.2 Å². The van der Waals surface area contributed by atoms with Crippen LogP contribution >= 0.6 is 22.6 Å². The lowest BCUT2D eigenvalue weighted by molar-refractivity contribution is -0.140. The van der Waals surface area contributed by atoms with Crippen molar-refractivity contribution < 1.29 is 19.4 Å². The molecule has 4 rings (SSSR count). The van der Waals surface area contributed by atoms with Crippen molar-refractivity contribution in [1.29, 1.82) is 0 Å².